The van der Waals surface area contributed by atoms with Crippen molar-refractivity contribution in [1.29, 1.82) is 0 Å². The molecule has 0 saturated heterocycles. The molecule has 2 bridgehead atoms. The van der Waals surface area contributed by atoms with Gasteiger partial charge in [-0.25, -0.2) is 4.79 Å². The molecular weight excluding hydrogens is 565 g/mol. The highest BCUT2D eigenvalue weighted by atomic mass is 35.5. The summed E-state index contributed by atoms with van der Waals surface area (Å²) in [7, 11) is 0. The van der Waals surface area contributed by atoms with Gasteiger partial charge in [-0.1, -0.05) is 51.7 Å². The van der Waals surface area contributed by atoms with E-state index in [1.807, 2.05) is 18.2 Å². The first-order valence-corrected chi connectivity index (χ1v) is 14.8. The molecule has 0 amide bonds. The molecule has 0 spiro atoms. The van der Waals surface area contributed by atoms with Crippen LogP contribution in [0.5, 0.6) is 0 Å². The normalized spacial score (nSPS) is 23.7. The van der Waals surface area contributed by atoms with Crippen molar-refractivity contribution in [3.05, 3.63) is 75.3 Å². The van der Waals surface area contributed by atoms with Gasteiger partial charge in [0.2, 0.25) is 11.7 Å². The Hall–Kier alpha value is -3.20. The third-order valence-corrected chi connectivity index (χ3v) is 9.92. The Morgan fingerprint density at radius 3 is 2.27 bits per heavy atom. The first kappa shape index (κ1) is 26.7. The van der Waals surface area contributed by atoms with Gasteiger partial charge in [-0.2, -0.15) is 4.98 Å². The maximum Gasteiger partial charge on any atom is 0.335 e. The summed E-state index contributed by atoms with van der Waals surface area (Å²) in [6, 6.07) is 12.0. The Morgan fingerprint density at radius 1 is 0.951 bits per heavy atom. The summed E-state index contributed by atoms with van der Waals surface area (Å²) in [5.41, 5.74) is 3.30. The van der Waals surface area contributed by atoms with E-state index in [4.69, 9.17) is 47.1 Å². The van der Waals surface area contributed by atoms with Crippen molar-refractivity contribution < 1.29 is 23.7 Å². The summed E-state index contributed by atoms with van der Waals surface area (Å²) in [5, 5.41) is 18.9. The molecule has 41 heavy (non-hydrogen) atoms. The van der Waals surface area contributed by atoms with Crippen LogP contribution in [0.4, 0.5) is 0 Å². The molecule has 0 radical (unpaired) electrons. The van der Waals surface area contributed by atoms with Crippen LogP contribution in [0.2, 0.25) is 10.0 Å². The fourth-order valence-electron chi connectivity index (χ4n) is 6.54. The topological polar surface area (TPSA) is 111 Å². The summed E-state index contributed by atoms with van der Waals surface area (Å²) < 4.78 is 18.0. The van der Waals surface area contributed by atoms with Crippen molar-refractivity contribution in [2.75, 3.05) is 6.61 Å². The van der Waals surface area contributed by atoms with Crippen molar-refractivity contribution in [2.24, 2.45) is 5.41 Å². The molecule has 0 unspecified atom stereocenters. The van der Waals surface area contributed by atoms with E-state index in [0.29, 0.717) is 52.1 Å². The molecule has 0 atom stereocenters. The number of carbonyl (C=O) groups is 1. The summed E-state index contributed by atoms with van der Waals surface area (Å²) in [6.07, 6.45) is 8.18. The number of aromatic carboxylic acids is 1. The molecule has 8 nitrogen and oxygen atoms in total. The summed E-state index contributed by atoms with van der Waals surface area (Å²) in [6.45, 7) is 1.08. The fourth-order valence-corrected chi connectivity index (χ4v) is 7.11. The number of hydrogen-bond donors (Lipinski definition) is 1. The van der Waals surface area contributed by atoms with Gasteiger partial charge in [0.25, 0.3) is 0 Å². The van der Waals surface area contributed by atoms with Crippen LogP contribution in [0.15, 0.2) is 51.5 Å². The zero-order valence-corrected chi connectivity index (χ0v) is 23.9. The van der Waals surface area contributed by atoms with Gasteiger partial charge in [-0.3, -0.25) is 0 Å². The maximum absolute atomic E-state index is 11.2. The molecule has 4 aliphatic carbocycles. The van der Waals surface area contributed by atoms with E-state index in [-0.39, 0.29) is 16.4 Å². The Morgan fingerprint density at radius 2 is 1.63 bits per heavy atom. The molecule has 4 saturated carbocycles. The van der Waals surface area contributed by atoms with Crippen LogP contribution in [0.1, 0.15) is 84.9 Å². The van der Waals surface area contributed by atoms with Crippen LogP contribution in [0.25, 0.3) is 22.6 Å². The number of carboxylic acids is 1. The monoisotopic (exact) mass is 593 g/mol. The quantitative estimate of drug-likeness (QED) is 0.207. The zero-order valence-electron chi connectivity index (χ0n) is 22.4. The number of fused-ring (bicyclic) bond motifs is 3. The van der Waals surface area contributed by atoms with Gasteiger partial charge in [0, 0.05) is 28.0 Å². The van der Waals surface area contributed by atoms with E-state index >= 15 is 0 Å². The molecular formula is C31H29Cl2N3O5. The predicted molar refractivity (Wildman–Crippen MR) is 152 cm³/mol. The average Bonchev–Trinajstić information content (AvgIpc) is 3.55. The second-order valence-electron chi connectivity index (χ2n) is 11.8. The number of benzene rings is 2. The lowest BCUT2D eigenvalue weighted by Crippen LogP contribution is -2.46. The van der Waals surface area contributed by atoms with Crippen molar-refractivity contribution in [3.8, 4) is 22.6 Å². The minimum Gasteiger partial charge on any atom is -0.478 e. The van der Waals surface area contributed by atoms with Crippen LogP contribution < -0.4 is 0 Å². The lowest BCUT2D eigenvalue weighted by atomic mass is 9.54. The minimum absolute atomic E-state index is 0.115. The standard InChI is InChI=1S/C31H29Cl2N3O5/c32-22-2-1-3-23(33)24(22)25-21(26(40-35-25)18-4-5-18)16-39-17-30-10-13-31(14-11-30,15-12-30)29-34-27(36-41-29)19-6-8-20(9-7-19)28(37)38/h1-3,6-9,18H,4-5,10-17H2,(H,37,38). The first-order valence-electron chi connectivity index (χ1n) is 14.0. The van der Waals surface area contributed by atoms with Gasteiger partial charge in [0.15, 0.2) is 0 Å². The lowest BCUT2D eigenvalue weighted by molar-refractivity contribution is -0.0499. The molecule has 8 rings (SSSR count). The van der Waals surface area contributed by atoms with Gasteiger partial charge in [-0.05, 0) is 81.0 Å². The predicted octanol–water partition coefficient (Wildman–Crippen LogP) is 8.08. The molecule has 2 heterocycles. The number of hydrogen-bond acceptors (Lipinski definition) is 7. The Kier molecular flexibility index (Phi) is 6.68. The molecule has 4 fully saturated rings. The summed E-state index contributed by atoms with van der Waals surface area (Å²) in [5.74, 6) is 1.49. The van der Waals surface area contributed by atoms with Gasteiger partial charge < -0.3 is 18.9 Å². The van der Waals surface area contributed by atoms with E-state index in [2.05, 4.69) is 10.3 Å². The van der Waals surface area contributed by atoms with Crippen LogP contribution in [0, 0.1) is 5.41 Å². The highest BCUT2D eigenvalue weighted by molar-refractivity contribution is 6.39. The molecule has 2 aromatic carbocycles. The minimum atomic E-state index is -0.962. The van der Waals surface area contributed by atoms with Gasteiger partial charge in [-0.15, -0.1) is 0 Å². The van der Waals surface area contributed by atoms with Gasteiger partial charge >= 0.3 is 5.97 Å². The van der Waals surface area contributed by atoms with E-state index in [1.54, 1.807) is 24.3 Å². The number of nitrogens with zero attached hydrogens (tertiary/aromatic N) is 3. The largest absolute Gasteiger partial charge is 0.478 e. The van der Waals surface area contributed by atoms with Crippen molar-refractivity contribution in [3.63, 3.8) is 0 Å². The summed E-state index contributed by atoms with van der Waals surface area (Å²) in [4.78, 5) is 15.9. The average molecular weight is 594 g/mol. The van der Waals surface area contributed by atoms with Crippen LogP contribution >= 0.6 is 23.2 Å². The highest BCUT2D eigenvalue weighted by Crippen LogP contribution is 2.58. The van der Waals surface area contributed by atoms with Gasteiger partial charge in [0.05, 0.1) is 28.8 Å². The molecule has 212 valence electrons. The molecule has 4 aromatic rings. The molecule has 2 aromatic heterocycles. The Labute approximate surface area is 247 Å². The summed E-state index contributed by atoms with van der Waals surface area (Å²) >= 11 is 13.0. The third kappa shape index (κ3) is 4.86. The third-order valence-electron chi connectivity index (χ3n) is 9.29. The van der Waals surface area contributed by atoms with Crippen LogP contribution in [0.3, 0.4) is 0 Å². The van der Waals surface area contributed by atoms with E-state index in [1.165, 1.54) is 0 Å². The highest BCUT2D eigenvalue weighted by Gasteiger charge is 2.52. The second kappa shape index (κ2) is 10.3. The number of rotatable bonds is 9. The first-order chi connectivity index (χ1) is 19.9. The SMILES string of the molecule is O=C(O)c1ccc(-c2noc(C34CCC(COCc5c(-c6c(Cl)cccc6Cl)noc5C5CC5)(CC3)CC4)n2)cc1. The molecule has 10 heteroatoms. The number of ether oxygens (including phenoxy) is 1. The van der Waals surface area contributed by atoms with Crippen LogP contribution in [-0.2, 0) is 16.8 Å². The number of aromatic nitrogens is 3. The smallest absolute Gasteiger partial charge is 0.335 e. The van der Waals surface area contributed by atoms with E-state index in [0.717, 1.165) is 68.3 Å². The molecule has 0 aliphatic heterocycles. The van der Waals surface area contributed by atoms with Gasteiger partial charge in [0.1, 0.15) is 11.5 Å². The maximum atomic E-state index is 11.2. The van der Waals surface area contributed by atoms with Crippen LogP contribution in [-0.4, -0.2) is 33.0 Å². The molecule has 4 aliphatic rings. The van der Waals surface area contributed by atoms with E-state index < -0.39 is 5.97 Å². The fraction of sp³-hybridized carbons (Fsp3) is 0.419. The van der Waals surface area contributed by atoms with Crippen molar-refractivity contribution >= 4 is 29.2 Å². The number of carboxylic acid groups (broad SMARTS) is 1. The molecule has 1 N–H and O–H groups in total. The number of halogens is 2. The zero-order chi connectivity index (χ0) is 28.2. The lowest BCUT2D eigenvalue weighted by Gasteiger charge is -2.51. The Bertz CT molecular complexity index is 1560. The van der Waals surface area contributed by atoms with Crippen molar-refractivity contribution in [2.45, 2.75) is 69.3 Å². The Balaban J connectivity index is 1.03. The second-order valence-corrected chi connectivity index (χ2v) is 12.6. The van der Waals surface area contributed by atoms with Crippen molar-refractivity contribution in [1.82, 2.24) is 15.3 Å². The van der Waals surface area contributed by atoms with E-state index in [9.17, 15) is 4.79 Å².